The summed E-state index contributed by atoms with van der Waals surface area (Å²) >= 11 is 0. The minimum Gasteiger partial charge on any atom is -0.346 e. The first-order valence-corrected chi connectivity index (χ1v) is 10.5. The highest BCUT2D eigenvalue weighted by Gasteiger charge is 2.45. The zero-order chi connectivity index (χ0) is 24.1. The van der Waals surface area contributed by atoms with Gasteiger partial charge in [-0.25, -0.2) is 22.5 Å². The van der Waals surface area contributed by atoms with Crippen LogP contribution in [0.2, 0.25) is 0 Å². The predicted octanol–water partition coefficient (Wildman–Crippen LogP) is 3.36. The van der Waals surface area contributed by atoms with E-state index in [1.165, 1.54) is 13.0 Å². The molecule has 0 bridgehead atoms. The van der Waals surface area contributed by atoms with Crippen molar-refractivity contribution in [3.8, 4) is 0 Å². The molecule has 2 N–H and O–H groups in total. The number of carbonyl (C=O) groups is 1. The Kier molecular flexibility index (Phi) is 5.63. The van der Waals surface area contributed by atoms with E-state index in [0.717, 1.165) is 22.9 Å². The van der Waals surface area contributed by atoms with Gasteiger partial charge in [0, 0.05) is 6.07 Å². The number of rotatable bonds is 5. The number of hydrogen-bond acceptors (Lipinski definition) is 4. The lowest BCUT2D eigenvalue weighted by Gasteiger charge is -2.46. The van der Waals surface area contributed by atoms with Gasteiger partial charge in [-0.3, -0.25) is 14.6 Å². The monoisotopic (exact) mass is 460 g/mol. The first-order chi connectivity index (χ1) is 15.5. The van der Waals surface area contributed by atoms with Gasteiger partial charge in [-0.2, -0.15) is 0 Å². The molecule has 10 heteroatoms. The smallest absolute Gasteiger partial charge is 0.329 e. The molecule has 0 spiro atoms. The van der Waals surface area contributed by atoms with Crippen LogP contribution in [0.15, 0.2) is 40.1 Å². The molecule has 7 nitrogen and oxygen atoms in total. The van der Waals surface area contributed by atoms with Gasteiger partial charge in [0.1, 0.15) is 23.5 Å². The Bertz CT molecular complexity index is 1360. The zero-order valence-corrected chi connectivity index (χ0v) is 18.3. The van der Waals surface area contributed by atoms with Crippen molar-refractivity contribution in [1.29, 1.82) is 0 Å². The summed E-state index contributed by atoms with van der Waals surface area (Å²) in [5.74, 6) is -3.47. The van der Waals surface area contributed by atoms with Crippen LogP contribution in [0.3, 0.4) is 0 Å². The molecule has 1 aliphatic rings. The van der Waals surface area contributed by atoms with E-state index in [9.17, 15) is 27.6 Å². The van der Waals surface area contributed by atoms with Gasteiger partial charge in [-0.05, 0) is 49.3 Å². The van der Waals surface area contributed by atoms with E-state index < -0.39 is 46.7 Å². The number of aromatic nitrogens is 3. The van der Waals surface area contributed by atoms with Gasteiger partial charge >= 0.3 is 5.69 Å². The lowest BCUT2D eigenvalue weighted by molar-refractivity contribution is -0.129. The van der Waals surface area contributed by atoms with Crippen molar-refractivity contribution in [2.24, 2.45) is 11.3 Å². The fourth-order valence-electron chi connectivity index (χ4n) is 4.69. The molecule has 2 aromatic heterocycles. The van der Waals surface area contributed by atoms with Crippen LogP contribution in [0.25, 0.3) is 10.9 Å². The maximum absolute atomic E-state index is 14.2. The minimum absolute atomic E-state index is 0.0646. The molecule has 1 saturated carbocycles. The van der Waals surface area contributed by atoms with Gasteiger partial charge in [0.25, 0.3) is 5.56 Å². The standard InChI is InChI=1S/C23H23F3N4O3/c1-11(18-16(26)7-14(25)10-27-18)28-20(31)19(12-8-23(2,3)9-12)30-21(32)15-6-13(24)4-5-17(15)29-22(30)33/h4-7,10-12,19H,8-9H2,1-3H3,(H,28,31)(H,29,33)/t11-,19?/m0/s1. The van der Waals surface area contributed by atoms with Gasteiger partial charge in [0.2, 0.25) is 5.91 Å². The minimum atomic E-state index is -1.20. The van der Waals surface area contributed by atoms with Gasteiger partial charge < -0.3 is 10.3 Å². The summed E-state index contributed by atoms with van der Waals surface area (Å²) in [6, 6.07) is 1.90. The number of H-pyrrole nitrogens is 1. The van der Waals surface area contributed by atoms with E-state index in [1.54, 1.807) is 0 Å². The second kappa shape index (κ2) is 8.17. The quantitative estimate of drug-likeness (QED) is 0.610. The number of aromatic amines is 1. The van der Waals surface area contributed by atoms with Crippen molar-refractivity contribution in [3.63, 3.8) is 0 Å². The number of pyridine rings is 1. The number of benzene rings is 1. The van der Waals surface area contributed by atoms with E-state index in [4.69, 9.17) is 0 Å². The van der Waals surface area contributed by atoms with Crippen LogP contribution in [0, 0.1) is 28.8 Å². The summed E-state index contributed by atoms with van der Waals surface area (Å²) in [5, 5.41) is 2.53. The molecular formula is C23H23F3N4O3. The first-order valence-electron chi connectivity index (χ1n) is 10.5. The highest BCUT2D eigenvalue weighted by Crippen LogP contribution is 2.49. The maximum atomic E-state index is 14.2. The Morgan fingerprint density at radius 1 is 1.18 bits per heavy atom. The molecule has 0 aliphatic heterocycles. The summed E-state index contributed by atoms with van der Waals surface area (Å²) in [6.45, 7) is 5.47. The topological polar surface area (TPSA) is 96.9 Å². The number of nitrogens with zero attached hydrogens (tertiary/aromatic N) is 2. The molecule has 1 amide bonds. The predicted molar refractivity (Wildman–Crippen MR) is 115 cm³/mol. The fraction of sp³-hybridized carbons (Fsp3) is 0.391. The maximum Gasteiger partial charge on any atom is 0.329 e. The van der Waals surface area contributed by atoms with Crippen LogP contribution >= 0.6 is 0 Å². The van der Waals surface area contributed by atoms with E-state index in [1.807, 2.05) is 13.8 Å². The van der Waals surface area contributed by atoms with Crippen LogP contribution in [0.5, 0.6) is 0 Å². The van der Waals surface area contributed by atoms with Crippen LogP contribution in [0.4, 0.5) is 13.2 Å². The van der Waals surface area contributed by atoms with Crippen LogP contribution in [-0.2, 0) is 4.79 Å². The molecule has 3 aromatic rings. The molecule has 33 heavy (non-hydrogen) atoms. The molecule has 2 heterocycles. The third kappa shape index (κ3) is 4.29. The van der Waals surface area contributed by atoms with Crippen molar-refractivity contribution in [2.45, 2.75) is 45.7 Å². The van der Waals surface area contributed by atoms with Gasteiger partial charge in [0.15, 0.2) is 0 Å². The average molecular weight is 460 g/mol. The van der Waals surface area contributed by atoms with E-state index in [-0.39, 0.29) is 27.9 Å². The SMILES string of the molecule is C[C@H](NC(=O)C(C1CC(C)(C)C1)n1c(=O)[nH]c2ccc(F)cc2c1=O)c1ncc(F)cc1F. The van der Waals surface area contributed by atoms with Crippen LogP contribution < -0.4 is 16.6 Å². The lowest BCUT2D eigenvalue weighted by Crippen LogP contribution is -2.51. The molecule has 1 aromatic carbocycles. The van der Waals surface area contributed by atoms with Gasteiger partial charge in [-0.15, -0.1) is 0 Å². The third-order valence-electron chi connectivity index (χ3n) is 6.12. The summed E-state index contributed by atoms with van der Waals surface area (Å²) in [7, 11) is 0. The Labute approximate surface area is 186 Å². The molecule has 4 rings (SSSR count). The van der Waals surface area contributed by atoms with Gasteiger partial charge in [-0.1, -0.05) is 13.8 Å². The van der Waals surface area contributed by atoms with Gasteiger partial charge in [0.05, 0.1) is 28.8 Å². The molecule has 1 aliphatic carbocycles. The summed E-state index contributed by atoms with van der Waals surface area (Å²) < 4.78 is 41.9. The van der Waals surface area contributed by atoms with Crippen molar-refractivity contribution in [3.05, 3.63) is 74.4 Å². The largest absolute Gasteiger partial charge is 0.346 e. The summed E-state index contributed by atoms with van der Waals surface area (Å²) in [4.78, 5) is 45.6. The zero-order valence-electron chi connectivity index (χ0n) is 18.3. The molecule has 1 fully saturated rings. The Morgan fingerprint density at radius 3 is 2.52 bits per heavy atom. The Balaban J connectivity index is 1.76. The number of fused-ring (bicyclic) bond motifs is 1. The number of amides is 1. The van der Waals surface area contributed by atoms with Crippen LogP contribution in [0.1, 0.15) is 51.4 Å². The van der Waals surface area contributed by atoms with Crippen molar-refractivity contribution in [1.82, 2.24) is 19.9 Å². The molecule has 0 radical (unpaired) electrons. The first kappa shape index (κ1) is 22.8. The van der Waals surface area contributed by atoms with Crippen molar-refractivity contribution in [2.75, 3.05) is 0 Å². The van der Waals surface area contributed by atoms with Crippen molar-refractivity contribution >= 4 is 16.8 Å². The van der Waals surface area contributed by atoms with E-state index >= 15 is 0 Å². The fourth-order valence-corrected chi connectivity index (χ4v) is 4.69. The molecule has 1 unspecified atom stereocenters. The third-order valence-corrected chi connectivity index (χ3v) is 6.12. The number of halogens is 3. The molecule has 0 saturated heterocycles. The number of hydrogen-bond donors (Lipinski definition) is 2. The normalized spacial score (nSPS) is 17.4. The second-order valence-electron chi connectivity index (χ2n) is 9.32. The van der Waals surface area contributed by atoms with Crippen LogP contribution in [-0.4, -0.2) is 20.4 Å². The summed E-state index contributed by atoms with van der Waals surface area (Å²) in [5.41, 5.74) is -1.71. The highest BCUT2D eigenvalue weighted by molar-refractivity contribution is 5.82. The second-order valence-corrected chi connectivity index (χ2v) is 9.32. The van der Waals surface area contributed by atoms with Crippen molar-refractivity contribution < 1.29 is 18.0 Å². The average Bonchev–Trinajstić information content (AvgIpc) is 2.69. The Hall–Kier alpha value is -3.43. The molecular weight excluding hydrogens is 437 g/mol. The van der Waals surface area contributed by atoms with E-state index in [0.29, 0.717) is 18.9 Å². The lowest BCUT2D eigenvalue weighted by atomic mass is 9.62. The summed E-state index contributed by atoms with van der Waals surface area (Å²) in [6.07, 6.45) is 1.96. The van der Waals surface area contributed by atoms with E-state index in [2.05, 4.69) is 15.3 Å². The Morgan fingerprint density at radius 2 is 1.88 bits per heavy atom. The number of nitrogens with one attached hydrogen (secondary N) is 2. The molecule has 2 atom stereocenters. The number of carbonyl (C=O) groups excluding carboxylic acids is 1. The highest BCUT2D eigenvalue weighted by atomic mass is 19.1. The molecule has 174 valence electrons.